The van der Waals surface area contributed by atoms with E-state index in [4.69, 9.17) is 4.74 Å². The maximum atomic E-state index is 13.2. The highest BCUT2D eigenvalue weighted by atomic mass is 32.1. The number of thiophene rings is 1. The summed E-state index contributed by atoms with van der Waals surface area (Å²) in [6.45, 7) is -0.128. The zero-order chi connectivity index (χ0) is 23.8. The van der Waals surface area contributed by atoms with Crippen LogP contribution in [0.15, 0.2) is 71.7 Å². The number of H-pyrrole nitrogens is 1. The average molecular weight is 483 g/mol. The molecule has 0 spiro atoms. The second kappa shape index (κ2) is 8.96. The van der Waals surface area contributed by atoms with Gasteiger partial charge >= 0.3 is 5.97 Å². The van der Waals surface area contributed by atoms with Crippen molar-refractivity contribution in [2.24, 2.45) is 0 Å². The van der Waals surface area contributed by atoms with Gasteiger partial charge in [0, 0.05) is 16.6 Å². The molecule has 35 heavy (non-hydrogen) atoms. The first-order valence-electron chi connectivity index (χ1n) is 11.6. The first-order chi connectivity index (χ1) is 17.2. The Hall–Kier alpha value is -4.04. The summed E-state index contributed by atoms with van der Waals surface area (Å²) in [6.07, 6.45) is 5.82. The van der Waals surface area contributed by atoms with Gasteiger partial charge < -0.3 is 9.72 Å². The van der Waals surface area contributed by atoms with Gasteiger partial charge in [-0.05, 0) is 43.4 Å². The standard InChI is InChI=1S/C27H22N4O3S/c32-25-23-19-13-7-8-14-21(19)35-26(23)29-22(28-25)16-34-27(33)20-15-31(18-11-5-2-6-12-18)30-24(20)17-9-3-1-4-10-17/h1-6,9-12,15H,7-8,13-14,16H2,(H,28,29,32). The minimum Gasteiger partial charge on any atom is -0.454 e. The third-order valence-electron chi connectivity index (χ3n) is 6.22. The van der Waals surface area contributed by atoms with Crippen molar-refractivity contribution in [3.8, 4) is 16.9 Å². The van der Waals surface area contributed by atoms with Gasteiger partial charge in [-0.2, -0.15) is 5.10 Å². The molecule has 6 rings (SSSR count). The molecular weight excluding hydrogens is 460 g/mol. The van der Waals surface area contributed by atoms with Crippen molar-refractivity contribution in [3.05, 3.63) is 99.0 Å². The lowest BCUT2D eigenvalue weighted by Gasteiger charge is -2.09. The van der Waals surface area contributed by atoms with E-state index in [0.717, 1.165) is 42.5 Å². The van der Waals surface area contributed by atoms with Crippen molar-refractivity contribution in [3.63, 3.8) is 0 Å². The molecular formula is C27H22N4O3S. The molecule has 0 bridgehead atoms. The van der Waals surface area contributed by atoms with Gasteiger partial charge in [-0.15, -0.1) is 11.3 Å². The van der Waals surface area contributed by atoms with Gasteiger partial charge in [-0.3, -0.25) is 4.79 Å². The number of aromatic nitrogens is 4. The number of carbonyl (C=O) groups is 1. The molecule has 1 aliphatic carbocycles. The molecule has 1 aliphatic rings. The molecule has 0 fully saturated rings. The fraction of sp³-hybridized carbons (Fsp3) is 0.185. The number of aromatic amines is 1. The van der Waals surface area contributed by atoms with Crippen molar-refractivity contribution in [2.75, 3.05) is 0 Å². The van der Waals surface area contributed by atoms with Crippen LogP contribution in [-0.4, -0.2) is 25.7 Å². The minimum atomic E-state index is -0.528. The molecule has 0 saturated heterocycles. The van der Waals surface area contributed by atoms with E-state index in [1.54, 1.807) is 22.2 Å². The molecule has 5 aromatic rings. The molecule has 3 heterocycles. The highest BCUT2D eigenvalue weighted by molar-refractivity contribution is 7.18. The summed E-state index contributed by atoms with van der Waals surface area (Å²) in [7, 11) is 0. The molecule has 1 N–H and O–H groups in total. The SMILES string of the molecule is O=C(OCc1nc2sc3c(c2c(=O)[nH]1)CCCC3)c1cn(-c2ccccc2)nc1-c1ccccc1. The normalized spacial score (nSPS) is 13.0. The third-order valence-corrected chi connectivity index (χ3v) is 7.40. The van der Waals surface area contributed by atoms with Gasteiger partial charge in [-0.25, -0.2) is 14.5 Å². The van der Waals surface area contributed by atoms with Gasteiger partial charge in [0.05, 0.1) is 11.1 Å². The molecule has 0 atom stereocenters. The molecule has 2 aromatic carbocycles. The number of carbonyl (C=O) groups excluding carboxylic acids is 1. The Labute approximate surface area is 205 Å². The van der Waals surface area contributed by atoms with E-state index in [9.17, 15) is 9.59 Å². The van der Waals surface area contributed by atoms with E-state index in [1.807, 2.05) is 60.7 Å². The second-order valence-corrected chi connectivity index (χ2v) is 9.60. The number of hydrogen-bond acceptors (Lipinski definition) is 6. The topological polar surface area (TPSA) is 89.9 Å². The summed E-state index contributed by atoms with van der Waals surface area (Å²) in [5.41, 5.74) is 3.49. The number of nitrogens with zero attached hydrogens (tertiary/aromatic N) is 3. The molecule has 8 heteroatoms. The second-order valence-electron chi connectivity index (χ2n) is 8.52. The lowest BCUT2D eigenvalue weighted by molar-refractivity contribution is 0.0463. The number of aryl methyl sites for hydroxylation is 2. The summed E-state index contributed by atoms with van der Waals surface area (Å²) in [5.74, 6) is -0.189. The Bertz CT molecular complexity index is 1590. The molecule has 7 nitrogen and oxygen atoms in total. The lowest BCUT2D eigenvalue weighted by atomic mass is 9.97. The molecule has 0 saturated carbocycles. The van der Waals surface area contributed by atoms with E-state index in [-0.39, 0.29) is 12.2 Å². The maximum absolute atomic E-state index is 13.2. The number of para-hydroxylation sites is 1. The van der Waals surface area contributed by atoms with E-state index < -0.39 is 5.97 Å². The van der Waals surface area contributed by atoms with E-state index in [1.165, 1.54) is 4.88 Å². The molecule has 0 amide bonds. The van der Waals surface area contributed by atoms with Crippen LogP contribution in [0.2, 0.25) is 0 Å². The molecule has 0 radical (unpaired) electrons. The Balaban J connectivity index is 1.30. The summed E-state index contributed by atoms with van der Waals surface area (Å²) in [4.78, 5) is 35.4. The van der Waals surface area contributed by atoms with E-state index >= 15 is 0 Å². The smallest absolute Gasteiger partial charge is 0.342 e. The molecule has 3 aromatic heterocycles. The van der Waals surface area contributed by atoms with E-state index in [2.05, 4.69) is 15.1 Å². The molecule has 0 unspecified atom stereocenters. The van der Waals surface area contributed by atoms with Crippen LogP contribution in [0.25, 0.3) is 27.2 Å². The zero-order valence-electron chi connectivity index (χ0n) is 18.9. The monoisotopic (exact) mass is 482 g/mol. The van der Waals surface area contributed by atoms with Crippen LogP contribution in [0.1, 0.15) is 39.5 Å². The maximum Gasteiger partial charge on any atom is 0.342 e. The Morgan fingerprint density at radius 2 is 1.77 bits per heavy atom. The number of esters is 1. The first-order valence-corrected chi connectivity index (χ1v) is 12.4. The lowest BCUT2D eigenvalue weighted by Crippen LogP contribution is -2.15. The Morgan fingerprint density at radius 1 is 1.03 bits per heavy atom. The van der Waals surface area contributed by atoms with Crippen LogP contribution in [-0.2, 0) is 24.2 Å². The summed E-state index contributed by atoms with van der Waals surface area (Å²) >= 11 is 1.57. The van der Waals surface area contributed by atoms with Crippen molar-refractivity contribution in [1.82, 2.24) is 19.7 Å². The number of benzene rings is 2. The number of ether oxygens (including phenoxy) is 1. The van der Waals surface area contributed by atoms with E-state index in [0.29, 0.717) is 27.3 Å². The van der Waals surface area contributed by atoms with Gasteiger partial charge in [0.1, 0.15) is 28.5 Å². The van der Waals surface area contributed by atoms with Crippen molar-refractivity contribution in [1.29, 1.82) is 0 Å². The van der Waals surface area contributed by atoms with Crippen molar-refractivity contribution >= 4 is 27.5 Å². The quantitative estimate of drug-likeness (QED) is 0.353. The number of fused-ring (bicyclic) bond motifs is 3. The van der Waals surface area contributed by atoms with Crippen molar-refractivity contribution < 1.29 is 9.53 Å². The number of nitrogens with one attached hydrogen (secondary N) is 1. The van der Waals surface area contributed by atoms with Crippen LogP contribution < -0.4 is 5.56 Å². The highest BCUT2D eigenvalue weighted by Gasteiger charge is 2.22. The largest absolute Gasteiger partial charge is 0.454 e. The fourth-order valence-electron chi connectivity index (χ4n) is 4.53. The van der Waals surface area contributed by atoms with Crippen LogP contribution >= 0.6 is 11.3 Å². The number of hydrogen-bond donors (Lipinski definition) is 1. The third kappa shape index (κ3) is 4.06. The highest BCUT2D eigenvalue weighted by Crippen LogP contribution is 2.33. The predicted octanol–water partition coefficient (Wildman–Crippen LogP) is 5.07. The van der Waals surface area contributed by atoms with Crippen molar-refractivity contribution in [2.45, 2.75) is 32.3 Å². The Morgan fingerprint density at radius 3 is 2.57 bits per heavy atom. The Kier molecular flexibility index (Phi) is 5.50. The average Bonchev–Trinajstić information content (AvgIpc) is 3.51. The van der Waals surface area contributed by atoms with Crippen LogP contribution in [0, 0.1) is 0 Å². The van der Waals surface area contributed by atoms with Crippen LogP contribution in [0.3, 0.4) is 0 Å². The van der Waals surface area contributed by atoms with Gasteiger partial charge in [0.2, 0.25) is 0 Å². The summed E-state index contributed by atoms with van der Waals surface area (Å²) in [6, 6.07) is 19.1. The summed E-state index contributed by atoms with van der Waals surface area (Å²) in [5, 5.41) is 5.35. The van der Waals surface area contributed by atoms with Gasteiger partial charge in [-0.1, -0.05) is 48.5 Å². The predicted molar refractivity (Wildman–Crippen MR) is 135 cm³/mol. The van der Waals surface area contributed by atoms with Gasteiger partial charge in [0.25, 0.3) is 5.56 Å². The van der Waals surface area contributed by atoms with Gasteiger partial charge in [0.15, 0.2) is 0 Å². The molecule has 0 aliphatic heterocycles. The summed E-state index contributed by atoms with van der Waals surface area (Å²) < 4.78 is 7.28. The zero-order valence-corrected chi connectivity index (χ0v) is 19.7. The first kappa shape index (κ1) is 21.5. The number of rotatable bonds is 5. The minimum absolute atomic E-state index is 0.128. The molecule has 174 valence electrons. The van der Waals surface area contributed by atoms with Crippen LogP contribution in [0.5, 0.6) is 0 Å². The van der Waals surface area contributed by atoms with Crippen LogP contribution in [0.4, 0.5) is 0 Å². The fourth-order valence-corrected chi connectivity index (χ4v) is 5.81.